The van der Waals surface area contributed by atoms with Crippen LogP contribution in [0, 0.1) is 29.6 Å². The van der Waals surface area contributed by atoms with Gasteiger partial charge in [-0.2, -0.15) is 0 Å². The van der Waals surface area contributed by atoms with Crippen LogP contribution in [-0.4, -0.2) is 30.1 Å². The third kappa shape index (κ3) is 1.43. The minimum absolute atomic E-state index is 0.540. The lowest BCUT2D eigenvalue weighted by Crippen LogP contribution is -2.51. The van der Waals surface area contributed by atoms with E-state index in [-0.39, 0.29) is 0 Å². The summed E-state index contributed by atoms with van der Waals surface area (Å²) >= 11 is 0. The lowest BCUT2D eigenvalue weighted by Gasteiger charge is -2.41. The van der Waals surface area contributed by atoms with Crippen LogP contribution in [0.15, 0.2) is 11.6 Å². The number of hydrogen-bond acceptors (Lipinski definition) is 3. The first-order chi connectivity index (χ1) is 9.24. The normalized spacial score (nSPS) is 46.8. The van der Waals surface area contributed by atoms with Crippen molar-refractivity contribution < 1.29 is 13.3 Å². The molecule has 0 heterocycles. The monoisotopic (exact) mass is 280 g/mol. The number of hydrogen-bond donors (Lipinski definition) is 0. The van der Waals surface area contributed by atoms with Gasteiger partial charge in [0.1, 0.15) is 0 Å². The van der Waals surface area contributed by atoms with Crippen LogP contribution >= 0.6 is 0 Å². The molecule has 4 heteroatoms. The fourth-order valence-corrected chi connectivity index (χ4v) is 8.93. The first-order valence-electron chi connectivity index (χ1n) is 7.58. The van der Waals surface area contributed by atoms with Gasteiger partial charge in [-0.15, -0.1) is 0 Å². The summed E-state index contributed by atoms with van der Waals surface area (Å²) in [6.07, 6.45) is 7.90. The molecule has 4 rings (SSSR count). The summed E-state index contributed by atoms with van der Waals surface area (Å²) in [6, 6.07) is 0. The average molecular weight is 280 g/mol. The lowest BCUT2D eigenvalue weighted by molar-refractivity contribution is 0.0847. The SMILES string of the molecule is CO[Si](OC)(OC)C1CC2CC1C1C3CC=C(C3)C21. The Hall–Kier alpha value is -0.163. The highest BCUT2D eigenvalue weighted by atomic mass is 28.4. The molecule has 106 valence electrons. The van der Waals surface area contributed by atoms with Crippen molar-refractivity contribution in [3.8, 4) is 0 Å². The summed E-state index contributed by atoms with van der Waals surface area (Å²) in [5.74, 6) is 4.42. The Kier molecular flexibility index (Phi) is 2.76. The quantitative estimate of drug-likeness (QED) is 0.450. The molecule has 4 aliphatic rings. The molecule has 0 aromatic carbocycles. The minimum Gasteiger partial charge on any atom is -0.377 e. The van der Waals surface area contributed by atoms with Crippen LogP contribution in [0.5, 0.6) is 0 Å². The van der Waals surface area contributed by atoms with E-state index in [1.54, 1.807) is 26.9 Å². The zero-order valence-corrected chi connectivity index (χ0v) is 13.1. The van der Waals surface area contributed by atoms with E-state index in [0.29, 0.717) is 5.54 Å². The van der Waals surface area contributed by atoms with Gasteiger partial charge in [0.25, 0.3) is 0 Å². The molecule has 6 atom stereocenters. The van der Waals surface area contributed by atoms with E-state index in [4.69, 9.17) is 13.3 Å². The third-order valence-corrected chi connectivity index (χ3v) is 9.81. The van der Waals surface area contributed by atoms with Crippen molar-refractivity contribution in [3.05, 3.63) is 11.6 Å². The lowest BCUT2D eigenvalue weighted by atomic mass is 9.74. The second-order valence-corrected chi connectivity index (χ2v) is 9.97. The fraction of sp³-hybridized carbons (Fsp3) is 0.867. The summed E-state index contributed by atoms with van der Waals surface area (Å²) in [5.41, 5.74) is 2.33. The summed E-state index contributed by atoms with van der Waals surface area (Å²) in [5, 5.41) is 0. The highest BCUT2D eigenvalue weighted by Crippen LogP contribution is 2.70. The van der Waals surface area contributed by atoms with Crippen molar-refractivity contribution in [3.63, 3.8) is 0 Å². The van der Waals surface area contributed by atoms with Crippen LogP contribution in [0.1, 0.15) is 25.7 Å². The van der Waals surface area contributed by atoms with E-state index in [1.807, 2.05) is 0 Å². The van der Waals surface area contributed by atoms with Gasteiger partial charge in [0, 0.05) is 26.9 Å². The topological polar surface area (TPSA) is 27.7 Å². The number of fused-ring (bicyclic) bond motifs is 9. The minimum atomic E-state index is -2.44. The first-order valence-corrected chi connectivity index (χ1v) is 9.38. The zero-order chi connectivity index (χ0) is 13.2. The molecule has 3 nitrogen and oxygen atoms in total. The Morgan fingerprint density at radius 1 is 1.05 bits per heavy atom. The molecule has 0 N–H and O–H groups in total. The summed E-state index contributed by atoms with van der Waals surface area (Å²) < 4.78 is 17.3. The Morgan fingerprint density at radius 2 is 1.79 bits per heavy atom. The molecular weight excluding hydrogens is 256 g/mol. The molecule has 0 aromatic heterocycles. The van der Waals surface area contributed by atoms with Crippen molar-refractivity contribution in [1.29, 1.82) is 0 Å². The smallest absolute Gasteiger partial charge is 0.377 e. The maximum Gasteiger partial charge on any atom is 0.503 e. The number of allylic oxidation sites excluding steroid dienone is 2. The molecule has 0 amide bonds. The zero-order valence-electron chi connectivity index (χ0n) is 12.1. The molecule has 3 fully saturated rings. The van der Waals surface area contributed by atoms with E-state index in [1.165, 1.54) is 25.7 Å². The van der Waals surface area contributed by atoms with Crippen molar-refractivity contribution in [2.75, 3.05) is 21.3 Å². The van der Waals surface area contributed by atoms with Gasteiger partial charge < -0.3 is 13.3 Å². The van der Waals surface area contributed by atoms with Crippen molar-refractivity contribution in [2.45, 2.75) is 31.2 Å². The Labute approximate surface area is 116 Å². The Bertz CT molecular complexity index is 409. The highest BCUT2D eigenvalue weighted by Gasteiger charge is 2.66. The maximum absolute atomic E-state index is 5.78. The van der Waals surface area contributed by atoms with Crippen molar-refractivity contribution >= 4 is 8.80 Å². The molecular formula is C15H24O3Si. The Morgan fingerprint density at radius 3 is 2.47 bits per heavy atom. The standard InChI is InChI=1S/C15H24O3Si/c1-16-19(17-2,18-3)13-8-11-7-12(13)15-10-5-4-9(6-10)14(11)15/h4,10-15H,5-8H2,1-3H3. The highest BCUT2D eigenvalue weighted by molar-refractivity contribution is 6.62. The molecule has 6 unspecified atom stereocenters. The molecule has 4 aliphatic carbocycles. The summed E-state index contributed by atoms with van der Waals surface area (Å²) in [4.78, 5) is 0. The molecule has 0 saturated heterocycles. The Balaban J connectivity index is 1.65. The summed E-state index contributed by atoms with van der Waals surface area (Å²) in [7, 11) is 2.86. The molecule has 0 aliphatic heterocycles. The van der Waals surface area contributed by atoms with Crippen LogP contribution < -0.4 is 0 Å². The average Bonchev–Trinajstić information content (AvgIpc) is 3.20. The van der Waals surface area contributed by atoms with E-state index >= 15 is 0 Å². The van der Waals surface area contributed by atoms with E-state index in [0.717, 1.165) is 29.6 Å². The van der Waals surface area contributed by atoms with Crippen LogP contribution in [0.4, 0.5) is 0 Å². The second kappa shape index (κ2) is 4.17. The predicted octanol–water partition coefficient (Wildman–Crippen LogP) is 2.86. The van der Waals surface area contributed by atoms with Crippen molar-refractivity contribution in [1.82, 2.24) is 0 Å². The number of rotatable bonds is 4. The molecule has 0 radical (unpaired) electrons. The fourth-order valence-electron chi connectivity index (χ4n) is 6.05. The van der Waals surface area contributed by atoms with Crippen LogP contribution in [0.2, 0.25) is 5.54 Å². The van der Waals surface area contributed by atoms with Crippen LogP contribution in [0.3, 0.4) is 0 Å². The van der Waals surface area contributed by atoms with Gasteiger partial charge in [-0.1, -0.05) is 11.6 Å². The van der Waals surface area contributed by atoms with Gasteiger partial charge in [-0.3, -0.25) is 0 Å². The van der Waals surface area contributed by atoms with E-state index in [9.17, 15) is 0 Å². The second-order valence-electron chi connectivity index (χ2n) is 6.80. The largest absolute Gasteiger partial charge is 0.503 e. The van der Waals surface area contributed by atoms with Gasteiger partial charge in [-0.25, -0.2) is 0 Å². The van der Waals surface area contributed by atoms with Gasteiger partial charge in [0.2, 0.25) is 0 Å². The molecule has 0 aromatic rings. The third-order valence-electron chi connectivity index (χ3n) is 6.53. The summed E-state index contributed by atoms with van der Waals surface area (Å²) in [6.45, 7) is 0. The van der Waals surface area contributed by atoms with Crippen molar-refractivity contribution in [2.24, 2.45) is 29.6 Å². The molecule has 3 saturated carbocycles. The van der Waals surface area contributed by atoms with E-state index < -0.39 is 8.80 Å². The maximum atomic E-state index is 5.78. The predicted molar refractivity (Wildman–Crippen MR) is 74.5 cm³/mol. The van der Waals surface area contributed by atoms with E-state index in [2.05, 4.69) is 6.08 Å². The van der Waals surface area contributed by atoms with Crippen LogP contribution in [-0.2, 0) is 13.3 Å². The van der Waals surface area contributed by atoms with Gasteiger partial charge in [0.15, 0.2) is 0 Å². The van der Waals surface area contributed by atoms with Gasteiger partial charge >= 0.3 is 8.80 Å². The van der Waals surface area contributed by atoms with Gasteiger partial charge in [0.05, 0.1) is 0 Å². The molecule has 19 heavy (non-hydrogen) atoms. The van der Waals surface area contributed by atoms with Crippen LogP contribution in [0.25, 0.3) is 0 Å². The van der Waals surface area contributed by atoms with Gasteiger partial charge in [-0.05, 0) is 55.3 Å². The molecule has 0 spiro atoms. The molecule has 4 bridgehead atoms. The first kappa shape index (κ1) is 12.6.